The van der Waals surface area contributed by atoms with Crippen molar-refractivity contribution in [2.24, 2.45) is 10.3 Å². The number of hydrogen-bond acceptors (Lipinski definition) is 8. The zero-order valence-corrected chi connectivity index (χ0v) is 16.2. The molecular weight excluding hydrogens is 376 g/mol. The maximum atomic E-state index is 13.1. The second kappa shape index (κ2) is 7.42. The number of carbonyl (C=O) groups is 2. The molecule has 2 heterocycles. The fraction of sp³-hybridized carbons (Fsp3) is 0.300. The van der Waals surface area contributed by atoms with Gasteiger partial charge >= 0.3 is 0 Å². The first-order chi connectivity index (χ1) is 14.1. The second-order valence-corrected chi connectivity index (χ2v) is 6.59. The van der Waals surface area contributed by atoms with Gasteiger partial charge in [-0.2, -0.15) is 5.11 Å². The van der Waals surface area contributed by atoms with Crippen molar-refractivity contribution in [2.45, 2.75) is 18.6 Å². The van der Waals surface area contributed by atoms with Crippen LogP contribution in [0.2, 0.25) is 0 Å². The fourth-order valence-corrected chi connectivity index (χ4v) is 3.53. The molecule has 0 N–H and O–H groups in total. The minimum Gasteiger partial charge on any atom is -0.497 e. The van der Waals surface area contributed by atoms with Crippen LogP contribution in [0.1, 0.15) is 5.56 Å². The van der Waals surface area contributed by atoms with Crippen LogP contribution in [0.3, 0.4) is 0 Å². The molecule has 4 rings (SSSR count). The number of imide groups is 1. The first kappa shape index (κ1) is 18.7. The highest BCUT2D eigenvalue weighted by molar-refractivity contribution is 6.25. The molecule has 2 aromatic rings. The number of ether oxygens (including phenoxy) is 3. The van der Waals surface area contributed by atoms with Gasteiger partial charge in [0.05, 0.1) is 33.6 Å². The molecule has 1 saturated heterocycles. The minimum absolute atomic E-state index is 0.334. The van der Waals surface area contributed by atoms with Crippen LogP contribution in [0.15, 0.2) is 52.8 Å². The number of anilines is 1. The van der Waals surface area contributed by atoms with Crippen molar-refractivity contribution in [3.05, 3.63) is 48.0 Å². The Morgan fingerprint density at radius 2 is 1.72 bits per heavy atom. The monoisotopic (exact) mass is 396 g/mol. The number of benzene rings is 2. The van der Waals surface area contributed by atoms with Gasteiger partial charge in [0.2, 0.25) is 0 Å². The summed E-state index contributed by atoms with van der Waals surface area (Å²) < 4.78 is 15.7. The maximum absolute atomic E-state index is 13.1. The van der Waals surface area contributed by atoms with Crippen LogP contribution in [-0.4, -0.2) is 50.2 Å². The van der Waals surface area contributed by atoms with Crippen LogP contribution in [0.25, 0.3) is 0 Å². The Morgan fingerprint density at radius 3 is 2.45 bits per heavy atom. The highest BCUT2D eigenvalue weighted by Gasteiger charge is 2.54. The largest absolute Gasteiger partial charge is 0.497 e. The molecular formula is C20H20N4O5. The fourth-order valence-electron chi connectivity index (χ4n) is 3.53. The van der Waals surface area contributed by atoms with Crippen LogP contribution in [0.5, 0.6) is 17.2 Å². The molecule has 2 aliphatic rings. The van der Waals surface area contributed by atoms with Crippen LogP contribution in [-0.2, 0) is 16.1 Å². The molecule has 2 atom stereocenters. The van der Waals surface area contributed by atoms with E-state index < -0.39 is 18.0 Å². The molecule has 29 heavy (non-hydrogen) atoms. The molecule has 0 aliphatic carbocycles. The maximum Gasteiger partial charge on any atom is 0.263 e. The summed E-state index contributed by atoms with van der Waals surface area (Å²) in [6, 6.07) is 10.7. The Kier molecular flexibility index (Phi) is 4.79. The van der Waals surface area contributed by atoms with Gasteiger partial charge in [0.1, 0.15) is 5.75 Å². The lowest BCUT2D eigenvalue weighted by Gasteiger charge is -2.21. The molecule has 2 aromatic carbocycles. The van der Waals surface area contributed by atoms with Gasteiger partial charge in [-0.25, -0.2) is 4.90 Å². The van der Waals surface area contributed by atoms with E-state index in [1.54, 1.807) is 30.3 Å². The Morgan fingerprint density at radius 1 is 0.931 bits per heavy atom. The molecule has 0 spiro atoms. The van der Waals surface area contributed by atoms with Crippen LogP contribution < -0.4 is 19.1 Å². The molecule has 2 unspecified atom stereocenters. The molecule has 2 aliphatic heterocycles. The highest BCUT2D eigenvalue weighted by atomic mass is 16.5. The number of fused-ring (bicyclic) bond motifs is 1. The van der Waals surface area contributed by atoms with Crippen molar-refractivity contribution in [1.29, 1.82) is 0 Å². The topological polar surface area (TPSA) is 93.0 Å². The molecule has 0 radical (unpaired) electrons. The Bertz CT molecular complexity index is 993. The normalized spacial score (nSPS) is 20.2. The standard InChI is InChI=1S/C20H20N4O5/c1-27-14-6-4-5-12(9-14)11-23-18-17(21-22-23)19(25)24(20(18)26)13-7-8-15(28-2)16(10-13)29-3/h4-10,17-18H,11H2,1-3H3. The number of rotatable bonds is 6. The van der Waals surface area contributed by atoms with Gasteiger partial charge in [0, 0.05) is 6.07 Å². The van der Waals surface area contributed by atoms with E-state index >= 15 is 0 Å². The predicted molar refractivity (Wildman–Crippen MR) is 103 cm³/mol. The average Bonchev–Trinajstić information content (AvgIpc) is 3.27. The summed E-state index contributed by atoms with van der Waals surface area (Å²) in [5.41, 5.74) is 1.30. The molecule has 9 nitrogen and oxygen atoms in total. The predicted octanol–water partition coefficient (Wildman–Crippen LogP) is 2.21. The first-order valence-electron chi connectivity index (χ1n) is 8.97. The zero-order chi connectivity index (χ0) is 20.5. The summed E-state index contributed by atoms with van der Waals surface area (Å²) >= 11 is 0. The van der Waals surface area contributed by atoms with E-state index in [-0.39, 0.29) is 5.91 Å². The third kappa shape index (κ3) is 3.14. The van der Waals surface area contributed by atoms with Gasteiger partial charge in [0.15, 0.2) is 23.6 Å². The Balaban J connectivity index is 1.60. The summed E-state index contributed by atoms with van der Waals surface area (Å²) in [6.45, 7) is 0.334. The van der Waals surface area contributed by atoms with Gasteiger partial charge in [-0.05, 0) is 29.8 Å². The van der Waals surface area contributed by atoms with Crippen LogP contribution in [0.4, 0.5) is 5.69 Å². The number of carbonyl (C=O) groups excluding carboxylic acids is 2. The molecule has 1 fully saturated rings. The van der Waals surface area contributed by atoms with E-state index in [4.69, 9.17) is 14.2 Å². The van der Waals surface area contributed by atoms with Crippen molar-refractivity contribution in [3.63, 3.8) is 0 Å². The van der Waals surface area contributed by atoms with E-state index in [0.29, 0.717) is 29.5 Å². The van der Waals surface area contributed by atoms with E-state index in [9.17, 15) is 9.59 Å². The van der Waals surface area contributed by atoms with E-state index in [0.717, 1.165) is 10.5 Å². The zero-order valence-electron chi connectivity index (χ0n) is 16.2. The summed E-state index contributed by atoms with van der Waals surface area (Å²) in [7, 11) is 4.60. The number of amides is 2. The van der Waals surface area contributed by atoms with Gasteiger partial charge in [-0.3, -0.25) is 14.6 Å². The van der Waals surface area contributed by atoms with Crippen molar-refractivity contribution < 1.29 is 23.8 Å². The summed E-state index contributed by atoms with van der Waals surface area (Å²) in [6.07, 6.45) is 0. The Hall–Kier alpha value is -3.62. The third-order valence-electron chi connectivity index (χ3n) is 4.96. The molecule has 2 amide bonds. The van der Waals surface area contributed by atoms with Gasteiger partial charge in [0.25, 0.3) is 11.8 Å². The number of methoxy groups -OCH3 is 3. The lowest BCUT2D eigenvalue weighted by atomic mass is 10.1. The van der Waals surface area contributed by atoms with Crippen molar-refractivity contribution in [3.8, 4) is 17.2 Å². The third-order valence-corrected chi connectivity index (χ3v) is 4.96. The molecule has 9 heteroatoms. The molecule has 0 aromatic heterocycles. The van der Waals surface area contributed by atoms with Crippen LogP contribution >= 0.6 is 0 Å². The van der Waals surface area contributed by atoms with Gasteiger partial charge in [-0.15, -0.1) is 0 Å². The average molecular weight is 396 g/mol. The molecule has 0 saturated carbocycles. The summed E-state index contributed by atoms with van der Waals surface area (Å²) in [5, 5.41) is 9.66. The summed E-state index contributed by atoms with van der Waals surface area (Å²) in [5.74, 6) is 0.854. The number of hydrogen-bond donors (Lipinski definition) is 0. The Labute approximate surface area is 167 Å². The second-order valence-electron chi connectivity index (χ2n) is 6.59. The minimum atomic E-state index is -0.860. The van der Waals surface area contributed by atoms with Gasteiger partial charge < -0.3 is 14.2 Å². The molecule has 0 bridgehead atoms. The van der Waals surface area contributed by atoms with Crippen molar-refractivity contribution in [2.75, 3.05) is 26.2 Å². The SMILES string of the molecule is COc1cccc(CN2N=NC3C(=O)N(c4ccc(OC)c(OC)c4)C(=O)C32)c1. The quantitative estimate of drug-likeness (QED) is 0.695. The van der Waals surface area contributed by atoms with Crippen molar-refractivity contribution >= 4 is 17.5 Å². The number of nitrogens with zero attached hydrogens (tertiary/aromatic N) is 4. The van der Waals surface area contributed by atoms with Gasteiger partial charge in [-0.1, -0.05) is 17.4 Å². The lowest BCUT2D eigenvalue weighted by Crippen LogP contribution is -2.39. The first-order valence-corrected chi connectivity index (χ1v) is 8.97. The smallest absolute Gasteiger partial charge is 0.263 e. The van der Waals surface area contributed by atoms with Crippen LogP contribution in [0, 0.1) is 0 Å². The van der Waals surface area contributed by atoms with Crippen molar-refractivity contribution in [1.82, 2.24) is 5.01 Å². The van der Waals surface area contributed by atoms with E-state index in [1.165, 1.54) is 14.2 Å². The summed E-state index contributed by atoms with van der Waals surface area (Å²) in [4.78, 5) is 27.1. The van der Waals surface area contributed by atoms with E-state index in [2.05, 4.69) is 10.3 Å². The van der Waals surface area contributed by atoms with E-state index in [1.807, 2.05) is 24.3 Å². The highest BCUT2D eigenvalue weighted by Crippen LogP contribution is 2.37. The lowest BCUT2D eigenvalue weighted by molar-refractivity contribution is -0.123. The molecule has 150 valence electrons.